The monoisotopic (exact) mass is 261 g/mol. The summed E-state index contributed by atoms with van der Waals surface area (Å²) in [5.41, 5.74) is 8.57. The van der Waals surface area contributed by atoms with Gasteiger partial charge in [-0.3, -0.25) is 9.36 Å². The number of nitrogens with two attached hydrogens (primary N) is 1. The highest BCUT2D eigenvalue weighted by Gasteiger charge is 2.14. The van der Waals surface area contributed by atoms with Crippen LogP contribution in [0.4, 0.5) is 5.82 Å². The molecule has 3 rings (SSSR count). The highest BCUT2D eigenvalue weighted by Crippen LogP contribution is 2.31. The molecule has 0 saturated heterocycles. The van der Waals surface area contributed by atoms with E-state index >= 15 is 0 Å². The number of nitrogens with zero attached hydrogens (tertiary/aromatic N) is 4. The van der Waals surface area contributed by atoms with Gasteiger partial charge in [-0.2, -0.15) is 10.2 Å². The molecule has 6 heteroatoms. The summed E-state index contributed by atoms with van der Waals surface area (Å²) in [5.74, 6) is 0.621. The Bertz CT molecular complexity index is 721. The maximum Gasteiger partial charge on any atom is 0.158 e. The molecule has 0 amide bonds. The predicted octanol–water partition coefficient (Wildman–Crippen LogP) is 2.21. The molecule has 0 unspecified atom stereocenters. The lowest BCUT2D eigenvalue weighted by molar-refractivity contribution is 0.780. The van der Waals surface area contributed by atoms with Gasteiger partial charge in [-0.25, -0.2) is 0 Å². The standard InChI is InChI=1S/C12H12ClN5/c1-17-10(14)6-9(15-17)7-4-3-5-8-11(7)18(2)16-12(8)13/h3-6H,14H2,1-2H3. The minimum Gasteiger partial charge on any atom is -0.384 e. The number of halogens is 1. The van der Waals surface area contributed by atoms with Crippen LogP contribution in [0, 0.1) is 0 Å². The molecule has 0 radical (unpaired) electrons. The lowest BCUT2D eigenvalue weighted by atomic mass is 10.1. The average Bonchev–Trinajstić information content (AvgIpc) is 2.82. The predicted molar refractivity (Wildman–Crippen MR) is 72.3 cm³/mol. The van der Waals surface area contributed by atoms with E-state index in [4.69, 9.17) is 17.3 Å². The topological polar surface area (TPSA) is 61.7 Å². The number of benzene rings is 1. The molecular weight excluding hydrogens is 250 g/mol. The van der Waals surface area contributed by atoms with Crippen LogP contribution in [0.1, 0.15) is 0 Å². The Balaban J connectivity index is 2.35. The van der Waals surface area contributed by atoms with Gasteiger partial charge in [0.2, 0.25) is 0 Å². The van der Waals surface area contributed by atoms with Crippen LogP contribution in [0.25, 0.3) is 22.2 Å². The third-order valence-corrected chi connectivity index (χ3v) is 3.29. The van der Waals surface area contributed by atoms with Crippen LogP contribution in [0.15, 0.2) is 24.3 Å². The first-order valence-corrected chi connectivity index (χ1v) is 5.87. The van der Waals surface area contributed by atoms with E-state index in [-0.39, 0.29) is 0 Å². The molecule has 0 aliphatic carbocycles. The summed E-state index contributed by atoms with van der Waals surface area (Å²) >= 11 is 6.09. The van der Waals surface area contributed by atoms with Crippen molar-refractivity contribution in [2.45, 2.75) is 0 Å². The normalized spacial score (nSPS) is 11.3. The Hall–Kier alpha value is -2.01. The lowest BCUT2D eigenvalue weighted by Gasteiger charge is -2.01. The first-order chi connectivity index (χ1) is 8.58. The molecule has 2 heterocycles. The van der Waals surface area contributed by atoms with Gasteiger partial charge in [0.1, 0.15) is 5.82 Å². The average molecular weight is 262 g/mol. The van der Waals surface area contributed by atoms with Crippen molar-refractivity contribution in [2.75, 3.05) is 5.73 Å². The van der Waals surface area contributed by atoms with Crippen molar-refractivity contribution in [3.05, 3.63) is 29.4 Å². The molecule has 0 bridgehead atoms. The number of rotatable bonds is 1. The molecule has 2 aromatic heterocycles. The van der Waals surface area contributed by atoms with Gasteiger partial charge in [0, 0.05) is 31.1 Å². The molecule has 0 saturated carbocycles. The van der Waals surface area contributed by atoms with Crippen LogP contribution in [0.3, 0.4) is 0 Å². The molecule has 2 N–H and O–H groups in total. The molecule has 0 fully saturated rings. The van der Waals surface area contributed by atoms with Gasteiger partial charge in [-0.05, 0) is 6.07 Å². The van der Waals surface area contributed by atoms with Gasteiger partial charge in [-0.1, -0.05) is 23.7 Å². The number of para-hydroxylation sites is 1. The molecule has 18 heavy (non-hydrogen) atoms. The van der Waals surface area contributed by atoms with Crippen molar-refractivity contribution in [2.24, 2.45) is 14.1 Å². The second-order valence-electron chi connectivity index (χ2n) is 4.19. The van der Waals surface area contributed by atoms with Gasteiger partial charge in [0.25, 0.3) is 0 Å². The van der Waals surface area contributed by atoms with Crippen LogP contribution >= 0.6 is 11.6 Å². The van der Waals surface area contributed by atoms with E-state index in [0.29, 0.717) is 11.0 Å². The Labute approximate surface area is 109 Å². The van der Waals surface area contributed by atoms with E-state index in [1.54, 1.807) is 9.36 Å². The van der Waals surface area contributed by atoms with Gasteiger partial charge in [0.15, 0.2) is 5.15 Å². The summed E-state index contributed by atoms with van der Waals surface area (Å²) in [5, 5.41) is 10.0. The molecule has 0 atom stereocenters. The second-order valence-corrected chi connectivity index (χ2v) is 4.55. The van der Waals surface area contributed by atoms with Crippen LogP contribution in [-0.4, -0.2) is 19.6 Å². The van der Waals surface area contributed by atoms with Crippen molar-refractivity contribution in [3.63, 3.8) is 0 Å². The fourth-order valence-corrected chi connectivity index (χ4v) is 2.38. The number of hydrogen-bond donors (Lipinski definition) is 1. The minimum atomic E-state index is 0.498. The van der Waals surface area contributed by atoms with Gasteiger partial charge >= 0.3 is 0 Å². The van der Waals surface area contributed by atoms with Gasteiger partial charge in [-0.15, -0.1) is 0 Å². The molecule has 5 nitrogen and oxygen atoms in total. The Morgan fingerprint density at radius 3 is 2.61 bits per heavy atom. The fraction of sp³-hybridized carbons (Fsp3) is 0.167. The summed E-state index contributed by atoms with van der Waals surface area (Å²) in [6.45, 7) is 0. The third-order valence-electron chi connectivity index (χ3n) is 3.01. The number of anilines is 1. The van der Waals surface area contributed by atoms with Crippen LogP contribution in [0.2, 0.25) is 5.15 Å². The van der Waals surface area contributed by atoms with Crippen LogP contribution in [0.5, 0.6) is 0 Å². The van der Waals surface area contributed by atoms with E-state index in [2.05, 4.69) is 10.2 Å². The highest BCUT2D eigenvalue weighted by atomic mass is 35.5. The zero-order valence-electron chi connectivity index (χ0n) is 10.1. The van der Waals surface area contributed by atoms with Crippen LogP contribution < -0.4 is 5.73 Å². The number of fused-ring (bicyclic) bond motifs is 1. The summed E-state index contributed by atoms with van der Waals surface area (Å²) in [4.78, 5) is 0. The molecule has 0 aliphatic heterocycles. The maximum atomic E-state index is 6.09. The smallest absolute Gasteiger partial charge is 0.158 e. The number of aromatic nitrogens is 4. The van der Waals surface area contributed by atoms with Crippen molar-refractivity contribution < 1.29 is 0 Å². The number of aryl methyl sites for hydroxylation is 2. The molecular formula is C12H12ClN5. The van der Waals surface area contributed by atoms with E-state index < -0.39 is 0 Å². The van der Waals surface area contributed by atoms with Crippen molar-refractivity contribution >= 4 is 28.3 Å². The highest BCUT2D eigenvalue weighted by molar-refractivity contribution is 6.34. The summed E-state index contributed by atoms with van der Waals surface area (Å²) < 4.78 is 3.41. The van der Waals surface area contributed by atoms with Crippen molar-refractivity contribution in [1.82, 2.24) is 19.6 Å². The largest absolute Gasteiger partial charge is 0.384 e. The first-order valence-electron chi connectivity index (χ1n) is 5.49. The van der Waals surface area contributed by atoms with Crippen molar-refractivity contribution in [3.8, 4) is 11.3 Å². The SMILES string of the molecule is Cn1nc(-c2cccc3c(Cl)nn(C)c23)cc1N. The van der Waals surface area contributed by atoms with Crippen molar-refractivity contribution in [1.29, 1.82) is 0 Å². The minimum absolute atomic E-state index is 0.498. The summed E-state index contributed by atoms with van der Waals surface area (Å²) in [7, 11) is 3.68. The fourth-order valence-electron chi connectivity index (χ4n) is 2.11. The summed E-state index contributed by atoms with van der Waals surface area (Å²) in [6.07, 6.45) is 0. The van der Waals surface area contributed by atoms with Gasteiger partial charge in [0.05, 0.1) is 11.2 Å². The van der Waals surface area contributed by atoms with E-state index in [1.807, 2.05) is 38.4 Å². The van der Waals surface area contributed by atoms with E-state index in [0.717, 1.165) is 22.2 Å². The van der Waals surface area contributed by atoms with E-state index in [9.17, 15) is 0 Å². The Morgan fingerprint density at radius 1 is 1.17 bits per heavy atom. The lowest BCUT2D eigenvalue weighted by Crippen LogP contribution is -1.97. The molecule has 1 aromatic carbocycles. The Morgan fingerprint density at radius 2 is 1.94 bits per heavy atom. The zero-order chi connectivity index (χ0) is 12.9. The molecule has 0 spiro atoms. The quantitative estimate of drug-likeness (QED) is 0.731. The zero-order valence-corrected chi connectivity index (χ0v) is 10.8. The number of nitrogen functional groups attached to an aromatic ring is 1. The maximum absolute atomic E-state index is 6.09. The first kappa shape index (κ1) is 11.1. The molecule has 0 aliphatic rings. The van der Waals surface area contributed by atoms with Gasteiger partial charge < -0.3 is 5.73 Å². The number of hydrogen-bond acceptors (Lipinski definition) is 3. The summed E-state index contributed by atoms with van der Waals surface area (Å²) in [6, 6.07) is 7.72. The molecule has 3 aromatic rings. The van der Waals surface area contributed by atoms with E-state index in [1.165, 1.54) is 0 Å². The molecule has 92 valence electrons. The second kappa shape index (κ2) is 3.74. The Kier molecular flexibility index (Phi) is 2.31. The third kappa shape index (κ3) is 1.48. The van der Waals surface area contributed by atoms with Crippen LogP contribution in [-0.2, 0) is 14.1 Å².